The van der Waals surface area contributed by atoms with Gasteiger partial charge in [-0.1, -0.05) is 30.3 Å². The normalized spacial score (nSPS) is 9.26. The summed E-state index contributed by atoms with van der Waals surface area (Å²) in [6.07, 6.45) is 0. The number of rotatable bonds is 2. The van der Waals surface area contributed by atoms with Crippen molar-refractivity contribution in [2.24, 2.45) is 0 Å². The van der Waals surface area contributed by atoms with E-state index in [0.717, 1.165) is 10.4 Å². The fraction of sp³-hybridized carbons (Fsp3) is 0. The first kappa shape index (κ1) is 17.2. The molecule has 2 N–H and O–H groups in total. The third-order valence-corrected chi connectivity index (χ3v) is 3.50. The van der Waals surface area contributed by atoms with Crippen molar-refractivity contribution in [3.05, 3.63) is 47.3 Å². The van der Waals surface area contributed by atoms with Gasteiger partial charge in [0.1, 0.15) is 0 Å². The third-order valence-electron chi connectivity index (χ3n) is 2.17. The van der Waals surface area contributed by atoms with Crippen molar-refractivity contribution >= 4 is 46.4 Å². The summed E-state index contributed by atoms with van der Waals surface area (Å²) in [6.45, 7) is 0. The number of hydrogen-bond acceptors (Lipinski definition) is 4. The van der Waals surface area contributed by atoms with Crippen LogP contribution in [0.2, 0.25) is 0 Å². The molecule has 0 unspecified atom stereocenters. The quantitative estimate of drug-likeness (QED) is 0.336. The maximum absolute atomic E-state index is 11.7. The van der Waals surface area contributed by atoms with E-state index in [1.54, 1.807) is 6.07 Å². The number of carbonyl (C=O) groups excluding carboxylic acids is 1. The first-order valence-electron chi connectivity index (χ1n) is 5.09. The van der Waals surface area contributed by atoms with Gasteiger partial charge in [-0.2, -0.15) is 0 Å². The molecule has 0 radical (unpaired) electrons. The minimum absolute atomic E-state index is 0. The second-order valence-electron chi connectivity index (χ2n) is 3.40. The molecule has 1 aromatic carbocycles. The van der Waals surface area contributed by atoms with Gasteiger partial charge in [0.05, 0.1) is 4.88 Å². The molecule has 0 atom stereocenters. The Morgan fingerprint density at radius 2 is 1.79 bits per heavy atom. The van der Waals surface area contributed by atoms with Gasteiger partial charge in [0.15, 0.2) is 0 Å². The topological polar surface area (TPSA) is 41.1 Å². The monoisotopic (exact) mass is 332 g/mol. The molecule has 0 aliphatic heterocycles. The second kappa shape index (κ2) is 8.43. The van der Waals surface area contributed by atoms with Crippen LogP contribution in [-0.2, 0) is 12.6 Å². The van der Waals surface area contributed by atoms with E-state index in [1.807, 2.05) is 36.4 Å². The van der Waals surface area contributed by atoms with Crippen LogP contribution in [0, 0.1) is 0 Å². The molecular formula is C12H9KN2OS3. The van der Waals surface area contributed by atoms with Gasteiger partial charge >= 0.3 is 51.4 Å². The average molecular weight is 333 g/mol. The average Bonchev–Trinajstić information content (AvgIpc) is 2.86. The van der Waals surface area contributed by atoms with Crippen molar-refractivity contribution < 1.29 is 56.2 Å². The fourth-order valence-electron chi connectivity index (χ4n) is 1.39. The maximum Gasteiger partial charge on any atom is 1.00 e. The van der Waals surface area contributed by atoms with Crippen molar-refractivity contribution in [3.8, 4) is 10.4 Å². The van der Waals surface area contributed by atoms with Crippen molar-refractivity contribution in [1.29, 1.82) is 0 Å². The summed E-state index contributed by atoms with van der Waals surface area (Å²) >= 11 is 10.7. The zero-order valence-electron chi connectivity index (χ0n) is 10.2. The third kappa shape index (κ3) is 5.20. The van der Waals surface area contributed by atoms with Gasteiger partial charge in [-0.25, -0.2) is 0 Å². The van der Waals surface area contributed by atoms with Crippen LogP contribution in [0.4, 0.5) is 0 Å². The van der Waals surface area contributed by atoms with Gasteiger partial charge < -0.3 is 30.3 Å². The number of hydrogen-bond donors (Lipinski definition) is 2. The number of benzene rings is 1. The minimum Gasteiger partial charge on any atom is -0.410 e. The van der Waals surface area contributed by atoms with Gasteiger partial charge in [-0.15, -0.1) is 11.3 Å². The van der Waals surface area contributed by atoms with Crippen LogP contribution in [0.1, 0.15) is 9.67 Å². The van der Waals surface area contributed by atoms with E-state index < -0.39 is 0 Å². The molecule has 92 valence electrons. The molecule has 1 amide bonds. The molecule has 1 heterocycles. The summed E-state index contributed by atoms with van der Waals surface area (Å²) in [6, 6.07) is 13.6. The molecule has 0 saturated carbocycles. The van der Waals surface area contributed by atoms with Crippen LogP contribution in [0.5, 0.6) is 0 Å². The van der Waals surface area contributed by atoms with Gasteiger partial charge in [-0.05, 0) is 22.0 Å². The fourth-order valence-corrected chi connectivity index (χ4v) is 2.40. The molecule has 3 nitrogen and oxygen atoms in total. The van der Waals surface area contributed by atoms with Crippen LogP contribution < -0.4 is 62.2 Å². The molecule has 1 aromatic heterocycles. The Bertz CT molecular complexity index is 571. The Kier molecular flexibility index (Phi) is 7.63. The molecule has 0 spiro atoms. The molecule has 0 fully saturated rings. The summed E-state index contributed by atoms with van der Waals surface area (Å²) in [4.78, 5) is 13.4. The summed E-state index contributed by atoms with van der Waals surface area (Å²) in [5.41, 5.74) is 5.98. The molecule has 2 aromatic rings. The summed E-state index contributed by atoms with van der Waals surface area (Å²) in [7, 11) is 0. The smallest absolute Gasteiger partial charge is 0.410 e. The first-order valence-corrected chi connectivity index (χ1v) is 6.72. The zero-order chi connectivity index (χ0) is 13.0. The number of amides is 1. The van der Waals surface area contributed by atoms with E-state index in [4.69, 9.17) is 0 Å². The van der Waals surface area contributed by atoms with Crippen molar-refractivity contribution in [2.75, 3.05) is 0 Å². The van der Waals surface area contributed by atoms with Gasteiger partial charge in [0.2, 0.25) is 0 Å². The molecular weight excluding hydrogens is 323 g/mol. The van der Waals surface area contributed by atoms with E-state index in [1.165, 1.54) is 11.3 Å². The van der Waals surface area contributed by atoms with Crippen molar-refractivity contribution in [2.45, 2.75) is 0 Å². The SMILES string of the molecule is O=C(NNC(=S)[S-])c1ccc(-c2ccccc2)s1.[K+]. The Balaban J connectivity index is 0.00000180. The van der Waals surface area contributed by atoms with Crippen molar-refractivity contribution in [1.82, 2.24) is 10.9 Å². The minimum atomic E-state index is -0.241. The predicted octanol–water partition coefficient (Wildman–Crippen LogP) is -0.515. The number of thiophene rings is 1. The van der Waals surface area contributed by atoms with Gasteiger partial charge in [-0.3, -0.25) is 10.2 Å². The molecule has 0 aliphatic rings. The summed E-state index contributed by atoms with van der Waals surface area (Å²) in [5.74, 6) is -0.241. The molecule has 0 aliphatic carbocycles. The predicted molar refractivity (Wildman–Crippen MR) is 80.3 cm³/mol. The van der Waals surface area contributed by atoms with Crippen LogP contribution in [0.25, 0.3) is 10.4 Å². The first-order chi connectivity index (χ1) is 8.66. The van der Waals surface area contributed by atoms with E-state index in [9.17, 15) is 4.79 Å². The van der Waals surface area contributed by atoms with E-state index in [2.05, 4.69) is 35.7 Å². The Morgan fingerprint density at radius 1 is 1.11 bits per heavy atom. The molecule has 2 rings (SSSR count). The maximum atomic E-state index is 11.7. The summed E-state index contributed by atoms with van der Waals surface area (Å²) in [5, 5.41) is 0. The zero-order valence-corrected chi connectivity index (χ0v) is 15.7. The van der Waals surface area contributed by atoms with Crippen LogP contribution in [0.3, 0.4) is 0 Å². The van der Waals surface area contributed by atoms with E-state index >= 15 is 0 Å². The molecule has 19 heavy (non-hydrogen) atoms. The van der Waals surface area contributed by atoms with Crippen LogP contribution in [0.15, 0.2) is 42.5 Å². The Hall–Kier alpha value is 0.136. The number of nitrogens with one attached hydrogen (secondary N) is 2. The van der Waals surface area contributed by atoms with E-state index in [-0.39, 0.29) is 61.6 Å². The molecule has 0 saturated heterocycles. The van der Waals surface area contributed by atoms with Crippen LogP contribution >= 0.6 is 23.6 Å². The van der Waals surface area contributed by atoms with Gasteiger partial charge in [0, 0.05) is 4.88 Å². The number of carbonyl (C=O) groups is 1. The van der Waals surface area contributed by atoms with Crippen molar-refractivity contribution in [3.63, 3.8) is 0 Å². The standard InChI is InChI=1S/C12H10N2OS3.K/c15-11(13-14-12(16)17)10-7-6-9(18-10)8-4-2-1-3-5-8;/h1-7H,(H,13,15)(H2,14,16,17);/q;+1/p-1. The number of hydrazine groups is 1. The second-order valence-corrected chi connectivity index (χ2v) is 5.56. The Morgan fingerprint density at radius 3 is 2.42 bits per heavy atom. The van der Waals surface area contributed by atoms with Crippen LogP contribution in [-0.4, -0.2) is 10.2 Å². The summed E-state index contributed by atoms with van der Waals surface area (Å²) < 4.78 is 0.114. The molecule has 7 heteroatoms. The number of thiocarbonyl (C=S) groups is 1. The molecule has 0 bridgehead atoms. The van der Waals surface area contributed by atoms with Gasteiger partial charge in [0.25, 0.3) is 5.91 Å². The largest absolute Gasteiger partial charge is 1.00 e. The van der Waals surface area contributed by atoms with E-state index in [0.29, 0.717) is 4.88 Å². The Labute approximate surface area is 169 Å².